The largest absolute Gasteiger partial charge is 0.447 e. The Balaban J connectivity index is 0.00000102. The van der Waals surface area contributed by atoms with E-state index in [2.05, 4.69) is 16.9 Å². The molecular formula is C18H18FN5O3. The molecule has 1 atom stereocenters. The number of carbonyl (C=O) groups is 2. The monoisotopic (exact) mass is 371 g/mol. The number of benzene rings is 1. The van der Waals surface area contributed by atoms with Gasteiger partial charge >= 0.3 is 6.09 Å². The van der Waals surface area contributed by atoms with E-state index in [1.54, 1.807) is 13.0 Å². The maximum absolute atomic E-state index is 14.7. The van der Waals surface area contributed by atoms with E-state index in [1.807, 2.05) is 0 Å². The Bertz CT molecular complexity index is 941. The van der Waals surface area contributed by atoms with Gasteiger partial charge in [0.15, 0.2) is 5.82 Å². The summed E-state index contributed by atoms with van der Waals surface area (Å²) < 4.78 is 19.6. The fourth-order valence-corrected chi connectivity index (χ4v) is 2.95. The van der Waals surface area contributed by atoms with Gasteiger partial charge in [0.2, 0.25) is 5.91 Å². The third-order valence-corrected chi connectivity index (χ3v) is 4.52. The second-order valence-electron chi connectivity index (χ2n) is 6.47. The Hall–Kier alpha value is -3.41. The minimum absolute atomic E-state index is 0.0477. The summed E-state index contributed by atoms with van der Waals surface area (Å²) in [7, 11) is 0. The van der Waals surface area contributed by atoms with Crippen LogP contribution in [-0.2, 0) is 9.53 Å². The number of aromatic nitrogens is 1. The van der Waals surface area contributed by atoms with Gasteiger partial charge in [-0.15, -0.1) is 0 Å². The molecular weight excluding hydrogens is 353 g/mol. The highest BCUT2D eigenvalue weighted by Crippen LogP contribution is 2.36. The standard InChI is InChI=1S/C17H17FN4O3.CHN/c1-8-7-25-17(24)22(8)12-4-10-5-13(21-16(23)9-2-3-9)20-6-11(10)15(19)14(12)18;1-2/h4-6,8-9H,2-3,7,19H2,1H3,(H,20,21,23);1H. The fraction of sp³-hybridized carbons (Fsp3) is 0.333. The van der Waals surface area contributed by atoms with Crippen LogP contribution >= 0.6 is 0 Å². The van der Waals surface area contributed by atoms with Crippen LogP contribution in [-0.4, -0.2) is 29.6 Å². The van der Waals surface area contributed by atoms with Gasteiger partial charge in [0.05, 0.1) is 17.4 Å². The Morgan fingerprint density at radius 3 is 2.74 bits per heavy atom. The van der Waals surface area contributed by atoms with Crippen LogP contribution in [0.4, 0.5) is 26.4 Å². The van der Waals surface area contributed by atoms with Crippen LogP contribution in [0, 0.1) is 23.6 Å². The Morgan fingerprint density at radius 2 is 2.15 bits per heavy atom. The molecule has 0 bridgehead atoms. The lowest BCUT2D eigenvalue weighted by Gasteiger charge is -2.20. The number of ether oxygens (including phenoxy) is 1. The lowest BCUT2D eigenvalue weighted by atomic mass is 10.1. The van der Waals surface area contributed by atoms with Crippen LogP contribution in [0.2, 0.25) is 0 Å². The highest BCUT2D eigenvalue weighted by Gasteiger charge is 2.34. The first-order valence-corrected chi connectivity index (χ1v) is 8.36. The molecule has 3 N–H and O–H groups in total. The molecule has 27 heavy (non-hydrogen) atoms. The SMILES string of the molecule is C#N.CC1COC(=O)N1c1cc2cc(NC(=O)C3CC3)ncc2c(N)c1F. The van der Waals surface area contributed by atoms with Gasteiger partial charge in [-0.1, -0.05) is 0 Å². The van der Waals surface area contributed by atoms with E-state index in [0.717, 1.165) is 12.8 Å². The van der Waals surface area contributed by atoms with Gasteiger partial charge < -0.3 is 15.8 Å². The zero-order valence-electron chi connectivity index (χ0n) is 14.6. The molecule has 1 aliphatic heterocycles. The van der Waals surface area contributed by atoms with Crippen LogP contribution in [0.5, 0.6) is 0 Å². The number of hydrogen-bond acceptors (Lipinski definition) is 6. The normalized spacial score (nSPS) is 18.6. The molecule has 1 unspecified atom stereocenters. The molecule has 2 amide bonds. The number of nitrogens with one attached hydrogen (secondary N) is 1. The van der Waals surface area contributed by atoms with Crippen molar-refractivity contribution in [1.29, 1.82) is 5.26 Å². The third kappa shape index (κ3) is 3.33. The highest BCUT2D eigenvalue weighted by atomic mass is 19.1. The summed E-state index contributed by atoms with van der Waals surface area (Å²) >= 11 is 0. The summed E-state index contributed by atoms with van der Waals surface area (Å²) in [6.07, 6.45) is 2.58. The van der Waals surface area contributed by atoms with E-state index in [0.29, 0.717) is 16.6 Å². The third-order valence-electron chi connectivity index (χ3n) is 4.52. The number of fused-ring (bicyclic) bond motifs is 1. The number of pyridine rings is 1. The molecule has 1 aliphatic carbocycles. The van der Waals surface area contributed by atoms with E-state index in [9.17, 15) is 14.0 Å². The predicted octanol–water partition coefficient (Wildman–Crippen LogP) is 2.79. The summed E-state index contributed by atoms with van der Waals surface area (Å²) in [5.74, 6) is -0.335. The number of amides is 2. The van der Waals surface area contributed by atoms with E-state index in [4.69, 9.17) is 15.7 Å². The average molecular weight is 371 g/mol. The first kappa shape index (κ1) is 18.4. The number of nitriles is 1. The zero-order valence-corrected chi connectivity index (χ0v) is 14.6. The van der Waals surface area contributed by atoms with Crippen LogP contribution < -0.4 is 16.0 Å². The maximum atomic E-state index is 14.7. The first-order chi connectivity index (χ1) is 13.0. The Kier molecular flexibility index (Phi) is 4.81. The molecule has 0 spiro atoms. The molecule has 2 heterocycles. The van der Waals surface area contributed by atoms with Crippen molar-refractivity contribution in [2.75, 3.05) is 22.6 Å². The number of cyclic esters (lactones) is 1. The van der Waals surface area contributed by atoms with Gasteiger partial charge in [-0.3, -0.25) is 9.69 Å². The number of carbonyl (C=O) groups excluding carboxylic acids is 2. The Labute approximate surface area is 154 Å². The number of nitrogen functional groups attached to an aromatic ring is 1. The van der Waals surface area contributed by atoms with Gasteiger partial charge in [-0.05, 0) is 37.3 Å². The van der Waals surface area contributed by atoms with Crippen LogP contribution in [0.1, 0.15) is 19.8 Å². The van der Waals surface area contributed by atoms with Crippen molar-refractivity contribution < 1.29 is 18.7 Å². The van der Waals surface area contributed by atoms with E-state index in [1.165, 1.54) is 17.2 Å². The topological polar surface area (TPSA) is 121 Å². The first-order valence-electron chi connectivity index (χ1n) is 8.36. The Morgan fingerprint density at radius 1 is 1.44 bits per heavy atom. The van der Waals surface area contributed by atoms with Crippen molar-refractivity contribution in [2.45, 2.75) is 25.8 Å². The van der Waals surface area contributed by atoms with Gasteiger partial charge in [0.1, 0.15) is 12.4 Å². The lowest BCUT2D eigenvalue weighted by Crippen LogP contribution is -2.31. The average Bonchev–Trinajstić information content (AvgIpc) is 3.46. The van der Waals surface area contributed by atoms with E-state index >= 15 is 0 Å². The summed E-state index contributed by atoms with van der Waals surface area (Å²) in [6, 6.07) is 2.86. The summed E-state index contributed by atoms with van der Waals surface area (Å²) in [6.45, 7) is 5.45. The van der Waals surface area contributed by atoms with E-state index in [-0.39, 0.29) is 35.8 Å². The minimum atomic E-state index is -0.685. The number of anilines is 3. The van der Waals surface area contributed by atoms with Gasteiger partial charge in [-0.2, -0.15) is 0 Å². The fourth-order valence-electron chi connectivity index (χ4n) is 2.95. The van der Waals surface area contributed by atoms with Gasteiger partial charge in [0.25, 0.3) is 0 Å². The number of nitrogens with zero attached hydrogens (tertiary/aromatic N) is 3. The van der Waals surface area contributed by atoms with Gasteiger partial charge in [-0.25, -0.2) is 19.4 Å². The second-order valence-corrected chi connectivity index (χ2v) is 6.47. The predicted molar refractivity (Wildman–Crippen MR) is 97.4 cm³/mol. The van der Waals surface area contributed by atoms with Crippen LogP contribution in [0.15, 0.2) is 18.3 Å². The van der Waals surface area contributed by atoms with Crippen molar-refractivity contribution in [3.63, 3.8) is 0 Å². The lowest BCUT2D eigenvalue weighted by molar-refractivity contribution is -0.117. The second kappa shape index (κ2) is 7.07. The molecule has 1 saturated heterocycles. The van der Waals surface area contributed by atoms with Crippen molar-refractivity contribution in [3.05, 3.63) is 24.1 Å². The number of halogens is 1. The minimum Gasteiger partial charge on any atom is -0.447 e. The molecule has 140 valence electrons. The molecule has 1 aromatic heterocycles. The van der Waals surface area contributed by atoms with Gasteiger partial charge in [0, 0.05) is 24.1 Å². The van der Waals surface area contributed by atoms with Crippen molar-refractivity contribution >= 4 is 40.0 Å². The molecule has 2 aromatic rings. The quantitative estimate of drug-likeness (QED) is 0.800. The van der Waals surface area contributed by atoms with Crippen molar-refractivity contribution in [2.24, 2.45) is 5.92 Å². The molecule has 2 aliphatic rings. The molecule has 8 nitrogen and oxygen atoms in total. The van der Waals surface area contributed by atoms with Crippen LogP contribution in [0.25, 0.3) is 10.8 Å². The smallest absolute Gasteiger partial charge is 0.414 e. The molecule has 1 saturated carbocycles. The van der Waals surface area contributed by atoms with E-state index < -0.39 is 11.9 Å². The molecule has 4 rings (SSSR count). The molecule has 2 fully saturated rings. The number of nitrogens with two attached hydrogens (primary N) is 1. The van der Waals surface area contributed by atoms with Crippen molar-refractivity contribution in [3.8, 4) is 6.57 Å². The zero-order chi connectivity index (χ0) is 19.7. The number of hydrogen-bond donors (Lipinski definition) is 2. The molecule has 9 heteroatoms. The number of rotatable bonds is 3. The summed E-state index contributed by atoms with van der Waals surface area (Å²) in [5.41, 5.74) is 5.88. The summed E-state index contributed by atoms with van der Waals surface area (Å²) in [4.78, 5) is 29.2. The van der Waals surface area contributed by atoms with Crippen molar-refractivity contribution in [1.82, 2.24) is 4.98 Å². The van der Waals surface area contributed by atoms with Crippen LogP contribution in [0.3, 0.4) is 0 Å². The molecule has 1 aromatic carbocycles. The maximum Gasteiger partial charge on any atom is 0.414 e. The molecule has 0 radical (unpaired) electrons. The highest BCUT2D eigenvalue weighted by molar-refractivity contribution is 6.02. The summed E-state index contributed by atoms with van der Waals surface area (Å²) in [5, 5.41) is 10.3.